The van der Waals surface area contributed by atoms with E-state index in [-0.39, 0.29) is 46.5 Å². The topological polar surface area (TPSA) is 30.7 Å². The molecule has 0 radical (unpaired) electrons. The van der Waals surface area contributed by atoms with E-state index >= 15 is 0 Å². The van der Waals surface area contributed by atoms with E-state index in [1.807, 2.05) is 12.1 Å². The molecule has 0 unspecified atom stereocenters. The Morgan fingerprint density at radius 1 is 1.17 bits per heavy atom. The van der Waals surface area contributed by atoms with Crippen LogP contribution < -0.4 is 24.8 Å². The second kappa shape index (κ2) is 10.6. The van der Waals surface area contributed by atoms with Crippen LogP contribution in [0.15, 0.2) is 66.3 Å². The van der Waals surface area contributed by atoms with E-state index in [9.17, 15) is 0 Å². The number of allylic oxidation sites excluding steroid dienone is 4. The summed E-state index contributed by atoms with van der Waals surface area (Å²) in [6, 6.07) is 12.5. The largest absolute Gasteiger partial charge is 4.00 e. The summed E-state index contributed by atoms with van der Waals surface area (Å²) in [5.74, 6) is 0. The molecule has 2 aromatic carbocycles. The van der Waals surface area contributed by atoms with Gasteiger partial charge >= 0.3 is 21.7 Å². The van der Waals surface area contributed by atoms with E-state index in [1.165, 1.54) is 28.2 Å². The molecular weight excluding hydrogens is 377 g/mol. The van der Waals surface area contributed by atoms with E-state index in [0.29, 0.717) is 0 Å². The van der Waals surface area contributed by atoms with Gasteiger partial charge in [-0.25, -0.2) is 20.8 Å². The Balaban J connectivity index is 0.000000463. The molecule has 24 heavy (non-hydrogen) atoms. The molecule has 122 valence electrons. The summed E-state index contributed by atoms with van der Waals surface area (Å²) in [4.78, 5) is 3.92. The normalized spacial score (nSPS) is 11.9. The maximum Gasteiger partial charge on any atom is 4.00 e. The van der Waals surface area contributed by atoms with Gasteiger partial charge in [0.05, 0.1) is 0 Å². The molecule has 0 saturated carbocycles. The fourth-order valence-electron chi connectivity index (χ4n) is 2.26. The zero-order valence-corrected chi connectivity index (χ0v) is 16.6. The monoisotopic (exact) mass is 393 g/mol. The predicted molar refractivity (Wildman–Crippen MR) is 85.3 cm³/mol. The smallest absolute Gasteiger partial charge is 1.00 e. The molecule has 1 aliphatic rings. The Bertz CT molecular complexity index is 756. The van der Waals surface area contributed by atoms with Crippen molar-refractivity contribution in [2.45, 2.75) is 20.3 Å². The van der Waals surface area contributed by atoms with Crippen LogP contribution in [-0.4, -0.2) is 14.8 Å². The van der Waals surface area contributed by atoms with Crippen LogP contribution in [0.1, 0.15) is 20.3 Å². The van der Waals surface area contributed by atoms with Gasteiger partial charge in [0, 0.05) is 0 Å². The fourth-order valence-corrected chi connectivity index (χ4v) is 2.26. The first-order valence-electron chi connectivity index (χ1n) is 6.99. The number of rotatable bonds is 1. The van der Waals surface area contributed by atoms with Gasteiger partial charge in [-0.2, -0.15) is 11.2 Å². The molecule has 3 nitrogen and oxygen atoms in total. The first-order valence-corrected chi connectivity index (χ1v) is 6.99. The summed E-state index contributed by atoms with van der Waals surface area (Å²) < 4.78 is 1.76. The minimum absolute atomic E-state index is 0. The first-order chi connectivity index (χ1) is 10.2. The van der Waals surface area contributed by atoms with Crippen LogP contribution in [0.2, 0.25) is 0 Å². The van der Waals surface area contributed by atoms with Crippen molar-refractivity contribution in [2.24, 2.45) is 0 Å². The molecule has 0 saturated heterocycles. The van der Waals surface area contributed by atoms with Gasteiger partial charge in [0.2, 0.25) is 0 Å². The molecule has 6 heteroatoms. The van der Waals surface area contributed by atoms with Gasteiger partial charge in [0.1, 0.15) is 12.7 Å². The Morgan fingerprint density at radius 2 is 1.92 bits per heavy atom. The number of benzene rings is 1. The summed E-state index contributed by atoms with van der Waals surface area (Å²) in [6.45, 7) is 4.22. The SMILES string of the molecule is CC1=[C-]CC=C1C.[Cl-].[Cl-].[Ti+4].c1ccc2[cH-]c(-n3cncn3)cc2c1. The molecule has 0 aliphatic heterocycles. The van der Waals surface area contributed by atoms with E-state index < -0.39 is 0 Å². The van der Waals surface area contributed by atoms with Gasteiger partial charge in [-0.3, -0.25) is 6.08 Å². The number of fused-ring (bicyclic) bond motifs is 1. The third-order valence-electron chi connectivity index (χ3n) is 3.65. The van der Waals surface area contributed by atoms with Gasteiger partial charge in [-0.15, -0.1) is 54.4 Å². The summed E-state index contributed by atoms with van der Waals surface area (Å²) in [7, 11) is 0. The average Bonchev–Trinajstić information content (AvgIpc) is 3.21. The van der Waals surface area contributed by atoms with Gasteiger partial charge < -0.3 is 24.8 Å². The van der Waals surface area contributed by atoms with Crippen LogP contribution in [0.4, 0.5) is 0 Å². The number of halogens is 2. The van der Waals surface area contributed by atoms with Crippen LogP contribution >= 0.6 is 0 Å². The van der Waals surface area contributed by atoms with Crippen LogP contribution in [0.3, 0.4) is 0 Å². The van der Waals surface area contributed by atoms with Crippen molar-refractivity contribution in [1.29, 1.82) is 0 Å². The van der Waals surface area contributed by atoms with E-state index in [0.717, 1.165) is 12.1 Å². The minimum atomic E-state index is 0. The Morgan fingerprint density at radius 3 is 2.42 bits per heavy atom. The van der Waals surface area contributed by atoms with Crippen LogP contribution in [0, 0.1) is 6.08 Å². The molecule has 0 atom stereocenters. The van der Waals surface area contributed by atoms with Crippen molar-refractivity contribution < 1.29 is 46.5 Å². The Kier molecular flexibility index (Phi) is 10.0. The summed E-state index contributed by atoms with van der Waals surface area (Å²) in [5.41, 5.74) is 3.77. The number of nitrogens with zero attached hydrogens (tertiary/aromatic N) is 3. The number of hydrogen-bond acceptors (Lipinski definition) is 2. The summed E-state index contributed by atoms with van der Waals surface area (Å²) in [6.07, 6.45) is 9.65. The quantitative estimate of drug-likeness (QED) is 0.362. The predicted octanol–water partition coefficient (Wildman–Crippen LogP) is -1.77. The molecule has 0 N–H and O–H groups in total. The third kappa shape index (κ3) is 5.39. The zero-order valence-electron chi connectivity index (χ0n) is 13.5. The zero-order chi connectivity index (χ0) is 14.7. The van der Waals surface area contributed by atoms with Gasteiger partial charge in [0.15, 0.2) is 0 Å². The summed E-state index contributed by atoms with van der Waals surface area (Å²) in [5, 5.41) is 6.56. The van der Waals surface area contributed by atoms with Crippen molar-refractivity contribution in [3.63, 3.8) is 0 Å². The van der Waals surface area contributed by atoms with Gasteiger partial charge in [0.25, 0.3) is 0 Å². The van der Waals surface area contributed by atoms with Crippen molar-refractivity contribution in [2.75, 3.05) is 0 Å². The van der Waals surface area contributed by atoms with Crippen LogP contribution in [0.25, 0.3) is 16.5 Å². The molecule has 1 aromatic heterocycles. The molecule has 1 aliphatic carbocycles. The van der Waals surface area contributed by atoms with Crippen molar-refractivity contribution >= 4 is 10.8 Å². The standard InChI is InChI=1S/C11H8N3.C7H9.2ClH.Ti/c1-2-4-10-6-11(5-9(10)3-1)14-8-12-7-13-14;1-6-4-3-5-7(6)2;;;/h1-8H;4H,3H2,1-2H3;2*1H;/q2*-1;;;+4/p-2. The van der Waals surface area contributed by atoms with Crippen molar-refractivity contribution in [3.8, 4) is 5.69 Å². The van der Waals surface area contributed by atoms with Crippen molar-refractivity contribution in [3.05, 3.63) is 72.4 Å². The fraction of sp³-hybridized carbons (Fsp3) is 0.167. The van der Waals surface area contributed by atoms with Crippen LogP contribution in [0.5, 0.6) is 0 Å². The summed E-state index contributed by atoms with van der Waals surface area (Å²) >= 11 is 0. The Labute approximate surface area is 169 Å². The van der Waals surface area contributed by atoms with Gasteiger partial charge in [-0.05, 0) is 5.69 Å². The molecule has 0 fully saturated rings. The van der Waals surface area contributed by atoms with E-state index in [4.69, 9.17) is 0 Å². The first kappa shape index (κ1) is 22.7. The van der Waals surface area contributed by atoms with E-state index in [1.54, 1.807) is 11.0 Å². The molecule has 0 spiro atoms. The Hall–Kier alpha value is -1.26. The number of hydrogen-bond donors (Lipinski definition) is 0. The maximum absolute atomic E-state index is 4.09. The van der Waals surface area contributed by atoms with E-state index in [2.05, 4.69) is 60.3 Å². The molecular formula is C18H17Cl2N3Ti. The molecule has 4 rings (SSSR count). The molecule has 1 heterocycles. The molecule has 0 bridgehead atoms. The molecule has 3 aromatic rings. The molecule has 0 amide bonds. The van der Waals surface area contributed by atoms with Crippen molar-refractivity contribution in [1.82, 2.24) is 14.8 Å². The average molecular weight is 394 g/mol. The van der Waals surface area contributed by atoms with Crippen LogP contribution in [-0.2, 0) is 21.7 Å². The third-order valence-corrected chi connectivity index (χ3v) is 3.65. The second-order valence-electron chi connectivity index (χ2n) is 5.08. The number of aromatic nitrogens is 3. The van der Waals surface area contributed by atoms with Gasteiger partial charge in [-0.1, -0.05) is 13.0 Å². The maximum atomic E-state index is 4.09. The minimum Gasteiger partial charge on any atom is -1.00 e. The second-order valence-corrected chi connectivity index (χ2v) is 5.08.